The van der Waals surface area contributed by atoms with Gasteiger partial charge in [-0.2, -0.15) is 5.26 Å². The van der Waals surface area contributed by atoms with Crippen LogP contribution in [0.2, 0.25) is 0 Å². The van der Waals surface area contributed by atoms with Gasteiger partial charge in [0.25, 0.3) is 11.6 Å². The quantitative estimate of drug-likeness (QED) is 0.300. The van der Waals surface area contributed by atoms with Crippen LogP contribution >= 0.6 is 11.3 Å². The SMILES string of the molecule is Cc1nnc(NC(=O)C(C#N)=Cc2ccc(-c3cc([N+](=O)[O-])ccc3C)o2)s1. The minimum Gasteiger partial charge on any atom is -0.457 e. The molecule has 1 amide bonds. The maximum Gasteiger partial charge on any atom is 0.270 e. The minimum absolute atomic E-state index is 0.0569. The van der Waals surface area contributed by atoms with Gasteiger partial charge in [-0.3, -0.25) is 20.2 Å². The van der Waals surface area contributed by atoms with Crippen LogP contribution in [0, 0.1) is 35.3 Å². The number of hydrogen-bond donors (Lipinski definition) is 1. The fraction of sp³-hybridized carbons (Fsp3) is 0.111. The Labute approximate surface area is 163 Å². The predicted octanol–water partition coefficient (Wildman–Crippen LogP) is 3.87. The molecule has 0 spiro atoms. The topological polar surface area (TPSA) is 135 Å². The summed E-state index contributed by atoms with van der Waals surface area (Å²) in [5.41, 5.74) is 1.12. The molecule has 1 N–H and O–H groups in total. The Bertz CT molecular complexity index is 1140. The van der Waals surface area contributed by atoms with Crippen molar-refractivity contribution in [3.8, 4) is 17.4 Å². The summed E-state index contributed by atoms with van der Waals surface area (Å²) in [7, 11) is 0. The predicted molar refractivity (Wildman–Crippen MR) is 102 cm³/mol. The van der Waals surface area contributed by atoms with Gasteiger partial charge >= 0.3 is 0 Å². The van der Waals surface area contributed by atoms with E-state index in [2.05, 4.69) is 15.5 Å². The number of hydrogen-bond acceptors (Lipinski definition) is 8. The first-order valence-electron chi connectivity index (χ1n) is 7.96. The van der Waals surface area contributed by atoms with E-state index in [0.29, 0.717) is 16.3 Å². The highest BCUT2D eigenvalue weighted by atomic mass is 32.1. The summed E-state index contributed by atoms with van der Waals surface area (Å²) in [5.74, 6) is 0.0223. The molecule has 0 radical (unpaired) electrons. The number of carbonyl (C=O) groups excluding carboxylic acids is 1. The highest BCUT2D eigenvalue weighted by Crippen LogP contribution is 2.29. The summed E-state index contributed by atoms with van der Waals surface area (Å²) in [5, 5.41) is 31.3. The van der Waals surface area contributed by atoms with E-state index in [1.807, 2.05) is 6.07 Å². The zero-order chi connectivity index (χ0) is 20.3. The van der Waals surface area contributed by atoms with E-state index in [1.165, 1.54) is 29.5 Å². The lowest BCUT2D eigenvalue weighted by molar-refractivity contribution is -0.384. The van der Waals surface area contributed by atoms with Gasteiger partial charge in [0.2, 0.25) is 5.13 Å². The van der Waals surface area contributed by atoms with Crippen molar-refractivity contribution in [3.05, 3.63) is 62.4 Å². The highest BCUT2D eigenvalue weighted by molar-refractivity contribution is 7.15. The Morgan fingerprint density at radius 3 is 2.75 bits per heavy atom. The zero-order valence-electron chi connectivity index (χ0n) is 14.8. The molecule has 2 heterocycles. The van der Waals surface area contributed by atoms with Gasteiger partial charge in [-0.1, -0.05) is 17.4 Å². The number of anilines is 1. The number of rotatable bonds is 5. The summed E-state index contributed by atoms with van der Waals surface area (Å²) in [6.07, 6.45) is 1.29. The first-order chi connectivity index (χ1) is 13.4. The molecule has 0 saturated carbocycles. The second-order valence-corrected chi connectivity index (χ2v) is 6.89. The third kappa shape index (κ3) is 4.11. The van der Waals surface area contributed by atoms with Gasteiger partial charge in [-0.05, 0) is 31.5 Å². The summed E-state index contributed by atoms with van der Waals surface area (Å²) in [6, 6.07) is 9.47. The van der Waals surface area contributed by atoms with Crippen LogP contribution in [0.1, 0.15) is 16.3 Å². The van der Waals surface area contributed by atoms with Crippen molar-refractivity contribution in [2.24, 2.45) is 0 Å². The van der Waals surface area contributed by atoms with Gasteiger partial charge in [0.1, 0.15) is 28.2 Å². The third-order valence-corrected chi connectivity index (χ3v) is 4.48. The number of nitro benzene ring substituents is 1. The maximum absolute atomic E-state index is 12.2. The van der Waals surface area contributed by atoms with Crippen LogP contribution in [0.3, 0.4) is 0 Å². The van der Waals surface area contributed by atoms with Crippen LogP contribution in [-0.2, 0) is 4.79 Å². The van der Waals surface area contributed by atoms with E-state index in [0.717, 1.165) is 5.56 Å². The number of nitrogens with one attached hydrogen (secondary N) is 1. The molecular weight excluding hydrogens is 382 g/mol. The van der Waals surface area contributed by atoms with Crippen molar-refractivity contribution >= 4 is 34.1 Å². The van der Waals surface area contributed by atoms with Gasteiger partial charge < -0.3 is 4.42 Å². The van der Waals surface area contributed by atoms with Crippen LogP contribution in [0.4, 0.5) is 10.8 Å². The van der Waals surface area contributed by atoms with E-state index in [4.69, 9.17) is 4.42 Å². The van der Waals surface area contributed by atoms with Crippen molar-refractivity contribution in [3.63, 3.8) is 0 Å². The van der Waals surface area contributed by atoms with E-state index in [-0.39, 0.29) is 22.2 Å². The summed E-state index contributed by atoms with van der Waals surface area (Å²) in [6.45, 7) is 3.55. The number of amides is 1. The van der Waals surface area contributed by atoms with Crippen LogP contribution in [0.25, 0.3) is 17.4 Å². The largest absolute Gasteiger partial charge is 0.457 e. The fourth-order valence-electron chi connectivity index (χ4n) is 2.37. The lowest BCUT2D eigenvalue weighted by Crippen LogP contribution is -2.13. The molecule has 9 nitrogen and oxygen atoms in total. The lowest BCUT2D eigenvalue weighted by Gasteiger charge is -2.02. The molecule has 0 aliphatic heterocycles. The first-order valence-corrected chi connectivity index (χ1v) is 8.77. The summed E-state index contributed by atoms with van der Waals surface area (Å²) >= 11 is 1.19. The average molecular weight is 395 g/mol. The number of nitro groups is 1. The Morgan fingerprint density at radius 2 is 2.11 bits per heavy atom. The second-order valence-electron chi connectivity index (χ2n) is 5.71. The van der Waals surface area contributed by atoms with E-state index in [1.54, 1.807) is 32.0 Å². The molecule has 0 aliphatic rings. The number of furan rings is 1. The van der Waals surface area contributed by atoms with Gasteiger partial charge in [0.05, 0.1) is 4.92 Å². The fourth-order valence-corrected chi connectivity index (χ4v) is 2.95. The Kier molecular flexibility index (Phi) is 5.28. The molecule has 2 aromatic heterocycles. The normalized spacial score (nSPS) is 11.1. The Hall–Kier alpha value is -3.84. The molecule has 28 heavy (non-hydrogen) atoms. The molecule has 10 heteroatoms. The van der Waals surface area contributed by atoms with Crippen LogP contribution in [-0.4, -0.2) is 21.0 Å². The Balaban J connectivity index is 1.86. The lowest BCUT2D eigenvalue weighted by atomic mass is 10.1. The number of nitrogens with zero attached hydrogens (tertiary/aromatic N) is 4. The van der Waals surface area contributed by atoms with Gasteiger partial charge in [-0.15, -0.1) is 10.2 Å². The summed E-state index contributed by atoms with van der Waals surface area (Å²) in [4.78, 5) is 22.7. The van der Waals surface area contributed by atoms with Crippen LogP contribution in [0.5, 0.6) is 0 Å². The molecule has 3 aromatic rings. The van der Waals surface area contributed by atoms with Crippen LogP contribution < -0.4 is 5.32 Å². The summed E-state index contributed by atoms with van der Waals surface area (Å²) < 4.78 is 5.67. The number of aromatic nitrogens is 2. The molecule has 3 rings (SSSR count). The average Bonchev–Trinajstić information content (AvgIpc) is 3.28. The first kappa shape index (κ1) is 18.9. The number of non-ortho nitro benzene ring substituents is 1. The third-order valence-electron chi connectivity index (χ3n) is 3.72. The van der Waals surface area contributed by atoms with Crippen LogP contribution in [0.15, 0.2) is 40.3 Å². The van der Waals surface area contributed by atoms with E-state index >= 15 is 0 Å². The molecule has 0 saturated heterocycles. The molecule has 0 unspecified atom stereocenters. The minimum atomic E-state index is -0.636. The van der Waals surface area contributed by atoms with Gasteiger partial charge in [0.15, 0.2) is 0 Å². The molecule has 1 aromatic carbocycles. The smallest absolute Gasteiger partial charge is 0.270 e. The standard InChI is InChI=1S/C18H13N5O4S/c1-10-3-4-13(23(25)26)8-15(10)16-6-5-14(27-16)7-12(9-19)17(24)20-18-22-21-11(2)28-18/h3-8H,1-2H3,(H,20,22,24). The van der Waals surface area contributed by atoms with Gasteiger partial charge in [-0.25, -0.2) is 0 Å². The molecule has 0 atom stereocenters. The second kappa shape index (κ2) is 7.81. The maximum atomic E-state index is 12.2. The number of benzene rings is 1. The molecule has 0 bridgehead atoms. The molecule has 0 fully saturated rings. The molecule has 140 valence electrons. The van der Waals surface area contributed by atoms with E-state index in [9.17, 15) is 20.2 Å². The number of nitriles is 1. The zero-order valence-corrected chi connectivity index (χ0v) is 15.6. The van der Waals surface area contributed by atoms with Crippen molar-refractivity contribution in [1.82, 2.24) is 10.2 Å². The van der Waals surface area contributed by atoms with Gasteiger partial charge in [0, 0.05) is 23.8 Å². The van der Waals surface area contributed by atoms with E-state index < -0.39 is 10.8 Å². The monoisotopic (exact) mass is 395 g/mol. The Morgan fingerprint density at radius 1 is 1.32 bits per heavy atom. The van der Waals surface area contributed by atoms with Crippen molar-refractivity contribution in [1.29, 1.82) is 5.26 Å². The number of carbonyl (C=O) groups is 1. The van der Waals surface area contributed by atoms with Crippen molar-refractivity contribution in [2.75, 3.05) is 5.32 Å². The molecular formula is C18H13N5O4S. The van der Waals surface area contributed by atoms with Crippen molar-refractivity contribution in [2.45, 2.75) is 13.8 Å². The van der Waals surface area contributed by atoms with Crippen molar-refractivity contribution < 1.29 is 14.1 Å². The molecule has 0 aliphatic carbocycles. The number of aryl methyl sites for hydroxylation is 2. The highest BCUT2D eigenvalue weighted by Gasteiger charge is 2.15.